The Balaban J connectivity index is 1.81. The van der Waals surface area contributed by atoms with Gasteiger partial charge in [-0.3, -0.25) is 9.59 Å². The lowest BCUT2D eigenvalue weighted by Crippen LogP contribution is -2.37. The first kappa shape index (κ1) is 19.1. The number of Topliss-reactive ketones (excluding diaryl/α,β-unsaturated/α-hetero) is 1. The van der Waals surface area contributed by atoms with Gasteiger partial charge in [0, 0.05) is 41.1 Å². The van der Waals surface area contributed by atoms with Crippen LogP contribution in [-0.2, 0) is 9.59 Å². The van der Waals surface area contributed by atoms with Crippen molar-refractivity contribution in [1.82, 2.24) is 10.3 Å². The summed E-state index contributed by atoms with van der Waals surface area (Å²) in [5.41, 5.74) is 3.05. The van der Waals surface area contributed by atoms with Gasteiger partial charge in [0.1, 0.15) is 11.6 Å². The highest BCUT2D eigenvalue weighted by Gasteiger charge is 2.39. The number of anilines is 1. The first-order valence-corrected chi connectivity index (χ1v) is 9.66. The number of hydrogen-bond donors (Lipinski definition) is 2. The van der Waals surface area contributed by atoms with E-state index in [0.29, 0.717) is 34.6 Å². The molecule has 6 heteroatoms. The monoisotopic (exact) mass is 391 g/mol. The van der Waals surface area contributed by atoms with E-state index in [1.807, 2.05) is 13.8 Å². The number of dihydropyridines is 1. The van der Waals surface area contributed by atoms with Crippen LogP contribution in [0.25, 0.3) is 0 Å². The minimum atomic E-state index is -0.620. The number of aromatic nitrogens is 1. The zero-order valence-electron chi connectivity index (χ0n) is 16.3. The summed E-state index contributed by atoms with van der Waals surface area (Å²) in [6.07, 6.45) is 2.73. The number of carbonyl (C=O) groups is 2. The highest BCUT2D eigenvalue weighted by molar-refractivity contribution is 6.09. The molecule has 29 heavy (non-hydrogen) atoms. The second-order valence-corrected chi connectivity index (χ2v) is 7.65. The van der Waals surface area contributed by atoms with E-state index in [1.54, 1.807) is 36.5 Å². The average Bonchev–Trinajstić information content (AvgIpc) is 2.67. The molecule has 1 aliphatic heterocycles. The summed E-state index contributed by atoms with van der Waals surface area (Å²) in [4.78, 5) is 30.3. The SMILES string of the molecule is CC1=C(C(=O)Nc2ccccn2)[C@H](c2cccc(F)c2)C2=C(C[C@H](C)CC2=O)N1. The number of nitrogens with one attached hydrogen (secondary N) is 2. The molecule has 1 aromatic carbocycles. The Kier molecular flexibility index (Phi) is 5.01. The number of amides is 1. The summed E-state index contributed by atoms with van der Waals surface area (Å²) in [7, 11) is 0. The number of nitrogens with zero attached hydrogens (tertiary/aromatic N) is 1. The summed E-state index contributed by atoms with van der Waals surface area (Å²) >= 11 is 0. The van der Waals surface area contributed by atoms with Crippen molar-refractivity contribution in [3.05, 3.63) is 82.6 Å². The van der Waals surface area contributed by atoms with Crippen LogP contribution in [-0.4, -0.2) is 16.7 Å². The Bertz CT molecular complexity index is 1040. The number of ketones is 1. The summed E-state index contributed by atoms with van der Waals surface area (Å²) in [5.74, 6) is -0.748. The third kappa shape index (κ3) is 3.70. The van der Waals surface area contributed by atoms with E-state index in [-0.39, 0.29) is 17.6 Å². The molecule has 148 valence electrons. The predicted octanol–water partition coefficient (Wildman–Crippen LogP) is 4.07. The van der Waals surface area contributed by atoms with E-state index in [0.717, 1.165) is 12.1 Å². The zero-order chi connectivity index (χ0) is 20.5. The van der Waals surface area contributed by atoms with Crippen LogP contribution in [0.2, 0.25) is 0 Å². The van der Waals surface area contributed by atoms with Crippen LogP contribution in [0.3, 0.4) is 0 Å². The van der Waals surface area contributed by atoms with E-state index in [2.05, 4.69) is 15.6 Å². The maximum Gasteiger partial charge on any atom is 0.255 e. The molecule has 1 aliphatic carbocycles. The Hall–Kier alpha value is -3.28. The van der Waals surface area contributed by atoms with Gasteiger partial charge in [-0.1, -0.05) is 25.1 Å². The molecule has 0 saturated heterocycles. The minimum absolute atomic E-state index is 0.00357. The van der Waals surface area contributed by atoms with Gasteiger partial charge in [0.15, 0.2) is 5.78 Å². The summed E-state index contributed by atoms with van der Waals surface area (Å²) in [6, 6.07) is 11.3. The van der Waals surface area contributed by atoms with Gasteiger partial charge in [-0.25, -0.2) is 9.37 Å². The smallest absolute Gasteiger partial charge is 0.255 e. The number of carbonyl (C=O) groups excluding carboxylic acids is 2. The van der Waals surface area contributed by atoms with Crippen LogP contribution in [0.5, 0.6) is 0 Å². The van der Waals surface area contributed by atoms with Crippen LogP contribution >= 0.6 is 0 Å². The number of halogens is 1. The van der Waals surface area contributed by atoms with Crippen molar-refractivity contribution in [2.45, 2.75) is 32.6 Å². The van der Waals surface area contributed by atoms with E-state index in [1.165, 1.54) is 12.1 Å². The van der Waals surface area contributed by atoms with Gasteiger partial charge in [0.05, 0.1) is 0 Å². The van der Waals surface area contributed by atoms with E-state index in [4.69, 9.17) is 0 Å². The van der Waals surface area contributed by atoms with Gasteiger partial charge in [0.25, 0.3) is 5.91 Å². The number of benzene rings is 1. The summed E-state index contributed by atoms with van der Waals surface area (Å²) < 4.78 is 14.0. The van der Waals surface area contributed by atoms with Crippen molar-refractivity contribution >= 4 is 17.5 Å². The highest BCUT2D eigenvalue weighted by Crippen LogP contribution is 2.43. The maximum absolute atomic E-state index is 14.0. The fourth-order valence-electron chi connectivity index (χ4n) is 4.17. The quantitative estimate of drug-likeness (QED) is 0.827. The molecule has 2 aromatic rings. The fourth-order valence-corrected chi connectivity index (χ4v) is 4.17. The minimum Gasteiger partial charge on any atom is -0.362 e. The molecule has 1 amide bonds. The lowest BCUT2D eigenvalue weighted by molar-refractivity contribution is -0.117. The molecule has 2 N–H and O–H groups in total. The van der Waals surface area contributed by atoms with Gasteiger partial charge < -0.3 is 10.6 Å². The van der Waals surface area contributed by atoms with Gasteiger partial charge in [0.2, 0.25) is 0 Å². The topological polar surface area (TPSA) is 71.1 Å². The Morgan fingerprint density at radius 1 is 1.21 bits per heavy atom. The van der Waals surface area contributed by atoms with Crippen molar-refractivity contribution < 1.29 is 14.0 Å². The molecule has 0 radical (unpaired) electrons. The molecule has 5 nitrogen and oxygen atoms in total. The standard InChI is InChI=1S/C23H22FN3O2/c1-13-10-17-22(18(28)11-13)21(15-6-5-7-16(24)12-15)20(14(2)26-17)23(29)27-19-8-3-4-9-25-19/h3-9,12-13,21,26H,10-11H2,1-2H3,(H,25,27,29)/t13-,21-/m0/s1. The predicted molar refractivity (Wildman–Crippen MR) is 108 cm³/mol. The van der Waals surface area contributed by atoms with Crippen molar-refractivity contribution in [3.8, 4) is 0 Å². The van der Waals surface area contributed by atoms with E-state index >= 15 is 0 Å². The van der Waals surface area contributed by atoms with Gasteiger partial charge >= 0.3 is 0 Å². The van der Waals surface area contributed by atoms with Crippen LogP contribution in [0.1, 0.15) is 38.2 Å². The first-order chi connectivity index (χ1) is 13.9. The van der Waals surface area contributed by atoms with Crippen LogP contribution in [0, 0.1) is 11.7 Å². The second-order valence-electron chi connectivity index (χ2n) is 7.65. The molecule has 0 fully saturated rings. The van der Waals surface area contributed by atoms with Gasteiger partial charge in [-0.05, 0) is 49.1 Å². The molecule has 2 heterocycles. The number of pyridine rings is 1. The van der Waals surface area contributed by atoms with Crippen LogP contribution in [0.15, 0.2) is 71.2 Å². The fraction of sp³-hybridized carbons (Fsp3) is 0.261. The summed E-state index contributed by atoms with van der Waals surface area (Å²) in [6.45, 7) is 3.84. The van der Waals surface area contributed by atoms with Crippen molar-refractivity contribution in [2.24, 2.45) is 5.92 Å². The Morgan fingerprint density at radius 2 is 2.03 bits per heavy atom. The molecule has 0 saturated carbocycles. The third-order valence-electron chi connectivity index (χ3n) is 5.36. The lowest BCUT2D eigenvalue weighted by atomic mass is 9.73. The normalized spacial score (nSPS) is 21.6. The molecular weight excluding hydrogens is 369 g/mol. The van der Waals surface area contributed by atoms with Crippen LogP contribution in [0.4, 0.5) is 10.2 Å². The highest BCUT2D eigenvalue weighted by atomic mass is 19.1. The van der Waals surface area contributed by atoms with Crippen molar-refractivity contribution in [1.29, 1.82) is 0 Å². The molecule has 2 aliphatic rings. The molecule has 0 bridgehead atoms. The molecular formula is C23H22FN3O2. The number of rotatable bonds is 3. The van der Waals surface area contributed by atoms with Crippen LogP contribution < -0.4 is 10.6 Å². The Morgan fingerprint density at radius 3 is 2.76 bits per heavy atom. The molecule has 1 aromatic heterocycles. The van der Waals surface area contributed by atoms with E-state index in [9.17, 15) is 14.0 Å². The molecule has 2 atom stereocenters. The molecule has 0 spiro atoms. The molecule has 0 unspecified atom stereocenters. The first-order valence-electron chi connectivity index (χ1n) is 9.66. The summed E-state index contributed by atoms with van der Waals surface area (Å²) in [5, 5.41) is 6.07. The average molecular weight is 391 g/mol. The number of allylic oxidation sites excluding steroid dienone is 3. The van der Waals surface area contributed by atoms with Gasteiger partial charge in [-0.2, -0.15) is 0 Å². The second kappa shape index (κ2) is 7.62. The third-order valence-corrected chi connectivity index (χ3v) is 5.36. The largest absolute Gasteiger partial charge is 0.362 e. The van der Waals surface area contributed by atoms with Crippen molar-refractivity contribution in [2.75, 3.05) is 5.32 Å². The van der Waals surface area contributed by atoms with Crippen molar-refractivity contribution in [3.63, 3.8) is 0 Å². The van der Waals surface area contributed by atoms with E-state index < -0.39 is 11.7 Å². The molecule has 4 rings (SSSR count). The zero-order valence-corrected chi connectivity index (χ0v) is 16.3. The maximum atomic E-state index is 14.0. The lowest BCUT2D eigenvalue weighted by Gasteiger charge is -2.36. The Labute approximate surface area is 168 Å². The number of hydrogen-bond acceptors (Lipinski definition) is 4. The van der Waals surface area contributed by atoms with Gasteiger partial charge in [-0.15, -0.1) is 0 Å².